The maximum absolute atomic E-state index is 11.0. The summed E-state index contributed by atoms with van der Waals surface area (Å²) in [6.07, 6.45) is -2.87. The summed E-state index contributed by atoms with van der Waals surface area (Å²) in [5.41, 5.74) is 2.09. The first kappa shape index (κ1) is 29.6. The van der Waals surface area contributed by atoms with E-state index >= 15 is 0 Å². The van der Waals surface area contributed by atoms with Gasteiger partial charge in [-0.05, 0) is 53.1 Å². The third-order valence-electron chi connectivity index (χ3n) is 7.95. The molecule has 0 aromatic heterocycles. The summed E-state index contributed by atoms with van der Waals surface area (Å²) in [6, 6.07) is 13.2. The summed E-state index contributed by atoms with van der Waals surface area (Å²) in [4.78, 5) is 0. The van der Waals surface area contributed by atoms with Crippen molar-refractivity contribution in [2.45, 2.75) is 24.4 Å². The van der Waals surface area contributed by atoms with E-state index < -0.39 is 18.8 Å². The number of ether oxygens (including phenoxy) is 7. The van der Waals surface area contributed by atoms with E-state index in [0.717, 1.165) is 11.1 Å². The fourth-order valence-corrected chi connectivity index (χ4v) is 5.73. The van der Waals surface area contributed by atoms with Crippen molar-refractivity contribution in [3.63, 3.8) is 0 Å². The van der Waals surface area contributed by atoms with Gasteiger partial charge >= 0.3 is 0 Å². The van der Waals surface area contributed by atoms with E-state index in [1.807, 2.05) is 6.07 Å². The third-order valence-corrected chi connectivity index (χ3v) is 7.95. The molecule has 2 fully saturated rings. The number of phenols is 2. The van der Waals surface area contributed by atoms with Crippen molar-refractivity contribution >= 4 is 0 Å². The first-order valence-electron chi connectivity index (χ1n) is 13.5. The first-order chi connectivity index (χ1) is 20.3. The molecule has 4 N–H and O–H groups in total. The number of hydrogen-bond acceptors (Lipinski definition) is 11. The van der Waals surface area contributed by atoms with Gasteiger partial charge in [-0.25, -0.2) is 0 Å². The zero-order valence-electron chi connectivity index (χ0n) is 23.9. The number of aromatic hydroxyl groups is 2. The van der Waals surface area contributed by atoms with Crippen LogP contribution in [0.4, 0.5) is 0 Å². The second-order valence-corrected chi connectivity index (χ2v) is 10.2. The highest BCUT2D eigenvalue weighted by molar-refractivity contribution is 5.55. The molecule has 2 saturated heterocycles. The zero-order valence-corrected chi connectivity index (χ0v) is 23.9. The fraction of sp³-hybridized carbons (Fsp3) is 0.419. The topological polar surface area (TPSA) is 146 Å². The zero-order chi connectivity index (χ0) is 30.0. The maximum atomic E-state index is 11.0. The molecule has 11 nitrogen and oxygen atoms in total. The van der Waals surface area contributed by atoms with Crippen LogP contribution in [0.3, 0.4) is 0 Å². The van der Waals surface area contributed by atoms with Crippen LogP contribution in [0.1, 0.15) is 35.0 Å². The van der Waals surface area contributed by atoms with Crippen LogP contribution in [-0.4, -0.2) is 74.8 Å². The van der Waals surface area contributed by atoms with Gasteiger partial charge in [-0.1, -0.05) is 12.1 Å². The number of fused-ring (bicyclic) bond motifs is 1. The molecule has 2 aliphatic rings. The predicted molar refractivity (Wildman–Crippen MR) is 150 cm³/mol. The van der Waals surface area contributed by atoms with Gasteiger partial charge < -0.3 is 53.6 Å². The van der Waals surface area contributed by atoms with E-state index in [2.05, 4.69) is 0 Å². The minimum Gasteiger partial charge on any atom is -0.504 e. The summed E-state index contributed by atoms with van der Waals surface area (Å²) in [7, 11) is 5.90. The lowest BCUT2D eigenvalue weighted by atomic mass is 9.84. The van der Waals surface area contributed by atoms with Gasteiger partial charge in [-0.15, -0.1) is 0 Å². The molecule has 0 unspecified atom stereocenters. The van der Waals surface area contributed by atoms with Crippen LogP contribution in [0.15, 0.2) is 48.5 Å². The molecule has 0 saturated carbocycles. The normalized spacial score (nSPS) is 22.7. The molecule has 3 aromatic rings. The Morgan fingerprint density at radius 1 is 0.714 bits per heavy atom. The van der Waals surface area contributed by atoms with E-state index in [-0.39, 0.29) is 47.0 Å². The van der Waals surface area contributed by atoms with Crippen molar-refractivity contribution in [3.8, 4) is 40.2 Å². The number of rotatable bonds is 11. The van der Waals surface area contributed by atoms with Crippen LogP contribution in [0.25, 0.3) is 0 Å². The molecule has 11 heteroatoms. The monoisotopic (exact) mass is 584 g/mol. The van der Waals surface area contributed by atoms with E-state index in [1.165, 1.54) is 46.6 Å². The predicted octanol–water partition coefficient (Wildman–Crippen LogP) is 3.68. The molecular weight excluding hydrogens is 548 g/mol. The van der Waals surface area contributed by atoms with Crippen LogP contribution in [-0.2, 0) is 9.47 Å². The molecule has 42 heavy (non-hydrogen) atoms. The molecule has 0 radical (unpaired) electrons. The quantitative estimate of drug-likeness (QED) is 0.262. The maximum Gasteiger partial charge on any atom is 0.204 e. The number of methoxy groups -OCH3 is 4. The second kappa shape index (κ2) is 12.5. The lowest BCUT2D eigenvalue weighted by Crippen LogP contribution is -2.29. The third kappa shape index (κ3) is 5.48. The summed E-state index contributed by atoms with van der Waals surface area (Å²) >= 11 is 0. The molecule has 5 rings (SSSR count). The Bertz CT molecular complexity index is 1370. The molecule has 6 atom stereocenters. The SMILES string of the molecule is COc1cc([C@@H](O)[C@H](CO)Oc2c(OC)cc([C@@H]3OC[C@H]4[C@H]3CO[C@H]4c3ccc(O)c(OC)c3)cc2OC)ccc1O. The first-order valence-corrected chi connectivity index (χ1v) is 13.5. The van der Waals surface area contributed by atoms with Crippen molar-refractivity contribution in [2.75, 3.05) is 48.3 Å². The van der Waals surface area contributed by atoms with E-state index in [1.54, 1.807) is 24.3 Å². The van der Waals surface area contributed by atoms with Crippen LogP contribution in [0.2, 0.25) is 0 Å². The number of aliphatic hydroxyl groups is 2. The van der Waals surface area contributed by atoms with Gasteiger partial charge in [-0.2, -0.15) is 0 Å². The Labute approximate surface area is 243 Å². The standard InChI is InChI=1S/C31H36O11/c1-36-23-9-16(5-7-21(23)33)28(35)27(13-32)42-31-25(38-3)11-18(12-26(31)39-4)30-20-15-40-29(19(20)14-41-30)17-6-8-22(34)24(10-17)37-2/h5-12,19-20,27-30,32-35H,13-15H2,1-4H3/t19-,20+,27-,28+,29-,30-/m0/s1. The van der Waals surface area contributed by atoms with Gasteiger partial charge in [0, 0.05) is 11.8 Å². The van der Waals surface area contributed by atoms with Crippen molar-refractivity contribution < 1.29 is 53.6 Å². The lowest BCUT2D eigenvalue weighted by Gasteiger charge is -2.26. The van der Waals surface area contributed by atoms with Crippen molar-refractivity contribution in [1.29, 1.82) is 0 Å². The fourth-order valence-electron chi connectivity index (χ4n) is 5.73. The highest BCUT2D eigenvalue weighted by Gasteiger charge is 2.48. The second-order valence-electron chi connectivity index (χ2n) is 10.2. The van der Waals surface area contributed by atoms with E-state index in [9.17, 15) is 20.4 Å². The van der Waals surface area contributed by atoms with Gasteiger partial charge in [0.2, 0.25) is 5.75 Å². The van der Waals surface area contributed by atoms with Crippen LogP contribution < -0.4 is 23.7 Å². The van der Waals surface area contributed by atoms with Crippen molar-refractivity contribution in [2.24, 2.45) is 11.8 Å². The molecule has 0 spiro atoms. The number of hydrogen-bond donors (Lipinski definition) is 4. The molecule has 0 bridgehead atoms. The molecule has 2 heterocycles. The van der Waals surface area contributed by atoms with Crippen LogP contribution in [0, 0.1) is 11.8 Å². The Morgan fingerprint density at radius 2 is 1.21 bits per heavy atom. The van der Waals surface area contributed by atoms with Crippen molar-refractivity contribution in [3.05, 3.63) is 65.2 Å². The van der Waals surface area contributed by atoms with E-state index in [4.69, 9.17) is 33.2 Å². The Balaban J connectivity index is 1.39. The Morgan fingerprint density at radius 3 is 1.76 bits per heavy atom. The molecule has 2 aliphatic heterocycles. The Hall–Kier alpha value is -3.90. The van der Waals surface area contributed by atoms with Gasteiger partial charge in [-0.3, -0.25) is 0 Å². The minimum absolute atomic E-state index is 0.0486. The average Bonchev–Trinajstić information content (AvgIpc) is 3.62. The average molecular weight is 585 g/mol. The van der Waals surface area contributed by atoms with Crippen LogP contribution >= 0.6 is 0 Å². The molecule has 226 valence electrons. The molecule has 0 amide bonds. The minimum atomic E-state index is -1.26. The van der Waals surface area contributed by atoms with Gasteiger partial charge in [0.05, 0.1) is 60.5 Å². The van der Waals surface area contributed by atoms with E-state index in [0.29, 0.717) is 36.0 Å². The number of aliphatic hydroxyl groups excluding tert-OH is 2. The van der Waals surface area contributed by atoms with Gasteiger partial charge in [0.15, 0.2) is 40.6 Å². The molecule has 3 aromatic carbocycles. The summed E-state index contributed by atoms with van der Waals surface area (Å²) in [6.45, 7) is 0.427. The largest absolute Gasteiger partial charge is 0.504 e. The molecular formula is C31H36O11. The molecule has 0 aliphatic carbocycles. The smallest absolute Gasteiger partial charge is 0.204 e. The van der Waals surface area contributed by atoms with Crippen LogP contribution in [0.5, 0.6) is 40.2 Å². The van der Waals surface area contributed by atoms with Gasteiger partial charge in [0.1, 0.15) is 6.10 Å². The number of benzene rings is 3. The lowest BCUT2D eigenvalue weighted by molar-refractivity contribution is -0.00197. The summed E-state index contributed by atoms with van der Waals surface area (Å²) in [5.74, 6) is 1.56. The summed E-state index contributed by atoms with van der Waals surface area (Å²) < 4.78 is 40.3. The highest BCUT2D eigenvalue weighted by Crippen LogP contribution is 2.53. The Kier molecular flexibility index (Phi) is 8.83. The number of phenolic OH excluding ortho intramolecular Hbond substituents is 2. The van der Waals surface area contributed by atoms with Gasteiger partial charge in [0.25, 0.3) is 0 Å². The highest BCUT2D eigenvalue weighted by atomic mass is 16.6. The van der Waals surface area contributed by atoms with Crippen molar-refractivity contribution in [1.82, 2.24) is 0 Å². The summed E-state index contributed by atoms with van der Waals surface area (Å²) in [5, 5.41) is 41.0.